The molecule has 0 saturated heterocycles. The summed E-state index contributed by atoms with van der Waals surface area (Å²) in [6.45, 7) is 5.63. The van der Waals surface area contributed by atoms with Crippen LogP contribution < -0.4 is 10.6 Å². The summed E-state index contributed by atoms with van der Waals surface area (Å²) in [5.74, 6) is -0.193. The molecule has 0 atom stereocenters. The highest BCUT2D eigenvalue weighted by Gasteiger charge is 2.40. The van der Waals surface area contributed by atoms with Crippen molar-refractivity contribution in [1.29, 1.82) is 0 Å². The van der Waals surface area contributed by atoms with Crippen LogP contribution in [0.15, 0.2) is 29.2 Å². The average Bonchev–Trinajstić information content (AvgIpc) is 2.42. The predicted molar refractivity (Wildman–Crippen MR) is 91.3 cm³/mol. The van der Waals surface area contributed by atoms with Gasteiger partial charge in [-0.05, 0) is 51.8 Å². The molecule has 146 valence electrons. The Kier molecular flexibility index (Phi) is 5.72. The van der Waals surface area contributed by atoms with Crippen LogP contribution in [0.3, 0.4) is 0 Å². The lowest BCUT2D eigenvalue weighted by atomic mass is 9.92. The molecule has 0 spiro atoms. The van der Waals surface area contributed by atoms with Gasteiger partial charge < -0.3 is 10.6 Å². The summed E-state index contributed by atoms with van der Waals surface area (Å²) in [6, 6.07) is 3.65. The Labute approximate surface area is 151 Å². The van der Waals surface area contributed by atoms with Crippen molar-refractivity contribution in [1.82, 2.24) is 10.6 Å². The summed E-state index contributed by atoms with van der Waals surface area (Å²) in [6.07, 6.45) is -4.06. The highest BCUT2D eigenvalue weighted by molar-refractivity contribution is 7.92. The van der Waals surface area contributed by atoms with E-state index >= 15 is 0 Å². The molecule has 0 aromatic heterocycles. The molecule has 0 bridgehead atoms. The minimum atomic E-state index is -4.59. The van der Waals surface area contributed by atoms with Crippen molar-refractivity contribution in [3.8, 4) is 0 Å². The largest absolute Gasteiger partial charge is 0.416 e. The van der Waals surface area contributed by atoms with Crippen molar-refractivity contribution in [3.05, 3.63) is 29.8 Å². The first-order valence-corrected chi connectivity index (χ1v) is 9.79. The second-order valence-electron chi connectivity index (χ2n) is 7.54. The molecule has 0 unspecified atom stereocenters. The number of nitrogens with one attached hydrogen (secondary N) is 2. The van der Waals surface area contributed by atoms with Gasteiger partial charge in [0.15, 0.2) is 9.84 Å². The molecular formula is C17H23F3N2O3S. The Bertz CT molecular complexity index is 764. The number of amides is 1. The van der Waals surface area contributed by atoms with Crippen LogP contribution in [0.4, 0.5) is 13.2 Å². The van der Waals surface area contributed by atoms with Crippen molar-refractivity contribution < 1.29 is 26.4 Å². The molecule has 0 aliphatic heterocycles. The van der Waals surface area contributed by atoms with Gasteiger partial charge in [0.05, 0.1) is 22.3 Å². The van der Waals surface area contributed by atoms with Gasteiger partial charge in [-0.25, -0.2) is 8.42 Å². The first-order chi connectivity index (χ1) is 11.8. The zero-order valence-electron chi connectivity index (χ0n) is 14.9. The van der Waals surface area contributed by atoms with Crippen LogP contribution in [0.1, 0.15) is 39.2 Å². The van der Waals surface area contributed by atoms with Crippen LogP contribution in [-0.2, 0) is 20.8 Å². The van der Waals surface area contributed by atoms with E-state index < -0.39 is 26.8 Å². The fourth-order valence-corrected chi connectivity index (χ4v) is 4.64. The number of hydrogen-bond acceptors (Lipinski definition) is 4. The topological polar surface area (TPSA) is 75.3 Å². The summed E-state index contributed by atoms with van der Waals surface area (Å²) in [7, 11) is -3.83. The maximum atomic E-state index is 12.8. The number of sulfone groups is 1. The minimum Gasteiger partial charge on any atom is -0.350 e. The Morgan fingerprint density at radius 3 is 2.35 bits per heavy atom. The lowest BCUT2D eigenvalue weighted by Gasteiger charge is -2.35. The fourth-order valence-electron chi connectivity index (χ4n) is 2.73. The molecule has 5 nitrogen and oxygen atoms in total. The molecule has 26 heavy (non-hydrogen) atoms. The van der Waals surface area contributed by atoms with Gasteiger partial charge in [-0.1, -0.05) is 6.07 Å². The molecule has 2 rings (SSSR count). The third kappa shape index (κ3) is 5.20. The second-order valence-corrected chi connectivity index (χ2v) is 9.77. The average molecular weight is 392 g/mol. The SMILES string of the molecule is CC(C)(C)NC(=O)CNC1CC(S(=O)(=O)c2cccc(C(F)(F)F)c2)C1. The van der Waals surface area contributed by atoms with Gasteiger partial charge >= 0.3 is 6.18 Å². The maximum absolute atomic E-state index is 12.8. The Morgan fingerprint density at radius 1 is 1.19 bits per heavy atom. The molecule has 1 aliphatic carbocycles. The standard InChI is InChI=1S/C17H23F3N2O3S/c1-16(2,3)22-15(23)10-21-12-8-14(9-12)26(24,25)13-6-4-5-11(7-13)17(18,19)20/h4-7,12,14,21H,8-10H2,1-3H3,(H,22,23). The van der Waals surface area contributed by atoms with Crippen LogP contribution in [0, 0.1) is 0 Å². The maximum Gasteiger partial charge on any atom is 0.416 e. The highest BCUT2D eigenvalue weighted by atomic mass is 32.2. The van der Waals surface area contributed by atoms with E-state index in [2.05, 4.69) is 10.6 Å². The lowest BCUT2D eigenvalue weighted by Crippen LogP contribution is -2.52. The third-order valence-corrected chi connectivity index (χ3v) is 6.26. The monoisotopic (exact) mass is 392 g/mol. The Balaban J connectivity index is 1.93. The van der Waals surface area contributed by atoms with Gasteiger partial charge in [-0.2, -0.15) is 13.2 Å². The smallest absolute Gasteiger partial charge is 0.350 e. The van der Waals surface area contributed by atoms with Crippen molar-refractivity contribution >= 4 is 15.7 Å². The van der Waals surface area contributed by atoms with Crippen molar-refractivity contribution in [3.63, 3.8) is 0 Å². The van der Waals surface area contributed by atoms with E-state index in [0.29, 0.717) is 6.07 Å². The minimum absolute atomic E-state index is 0.0677. The Hall–Kier alpha value is -1.61. The summed E-state index contributed by atoms with van der Waals surface area (Å²) in [5, 5.41) is 5.02. The van der Waals surface area contributed by atoms with Gasteiger partial charge in [0.2, 0.25) is 5.91 Å². The molecule has 0 heterocycles. The van der Waals surface area contributed by atoms with Crippen molar-refractivity contribution in [2.24, 2.45) is 0 Å². The van der Waals surface area contributed by atoms with Gasteiger partial charge in [0.25, 0.3) is 0 Å². The first-order valence-electron chi connectivity index (χ1n) is 8.24. The summed E-state index contributed by atoms with van der Waals surface area (Å²) >= 11 is 0. The summed E-state index contributed by atoms with van der Waals surface area (Å²) in [5.41, 5.74) is -1.33. The predicted octanol–water partition coefficient (Wildman–Crippen LogP) is 2.51. The molecule has 1 aliphatic rings. The van der Waals surface area contributed by atoms with Crippen LogP contribution in [0.2, 0.25) is 0 Å². The number of hydrogen-bond donors (Lipinski definition) is 2. The van der Waals surface area contributed by atoms with Gasteiger partial charge in [-0.15, -0.1) is 0 Å². The van der Waals surface area contributed by atoms with Crippen LogP contribution in [0.25, 0.3) is 0 Å². The van der Waals surface area contributed by atoms with E-state index in [4.69, 9.17) is 0 Å². The van der Waals surface area contributed by atoms with E-state index in [-0.39, 0.29) is 41.8 Å². The van der Waals surface area contributed by atoms with E-state index in [0.717, 1.165) is 12.1 Å². The molecule has 9 heteroatoms. The number of carbonyl (C=O) groups is 1. The van der Waals surface area contributed by atoms with E-state index in [1.54, 1.807) is 0 Å². The lowest BCUT2D eigenvalue weighted by molar-refractivity contribution is -0.137. The van der Waals surface area contributed by atoms with Crippen molar-refractivity contribution in [2.45, 2.75) is 61.5 Å². The van der Waals surface area contributed by atoms with Crippen LogP contribution in [-0.4, -0.2) is 37.7 Å². The molecule has 1 amide bonds. The van der Waals surface area contributed by atoms with Crippen LogP contribution >= 0.6 is 0 Å². The van der Waals surface area contributed by atoms with Gasteiger partial charge in [-0.3, -0.25) is 4.79 Å². The van der Waals surface area contributed by atoms with Gasteiger partial charge in [0, 0.05) is 11.6 Å². The number of rotatable bonds is 5. The second kappa shape index (κ2) is 7.19. The Morgan fingerprint density at radius 2 is 1.81 bits per heavy atom. The summed E-state index contributed by atoms with van der Waals surface area (Å²) < 4.78 is 63.3. The number of halogens is 3. The zero-order valence-corrected chi connectivity index (χ0v) is 15.7. The van der Waals surface area contributed by atoms with Gasteiger partial charge in [0.1, 0.15) is 0 Å². The molecular weight excluding hydrogens is 369 g/mol. The molecule has 1 aromatic rings. The number of carbonyl (C=O) groups excluding carboxylic acids is 1. The quantitative estimate of drug-likeness (QED) is 0.808. The molecule has 1 fully saturated rings. The van der Waals surface area contributed by atoms with Crippen LogP contribution in [0.5, 0.6) is 0 Å². The molecule has 0 radical (unpaired) electrons. The summed E-state index contributed by atoms with van der Waals surface area (Å²) in [4.78, 5) is 11.4. The van der Waals surface area contributed by atoms with E-state index in [1.165, 1.54) is 6.07 Å². The molecule has 1 aromatic carbocycles. The van der Waals surface area contributed by atoms with E-state index in [1.807, 2.05) is 20.8 Å². The zero-order chi connectivity index (χ0) is 19.8. The molecule has 2 N–H and O–H groups in total. The number of alkyl halides is 3. The van der Waals surface area contributed by atoms with E-state index in [9.17, 15) is 26.4 Å². The first kappa shape index (κ1) is 20.7. The highest BCUT2D eigenvalue weighted by Crippen LogP contribution is 2.35. The normalized spacial score (nSPS) is 21.2. The fraction of sp³-hybridized carbons (Fsp3) is 0.588. The number of benzene rings is 1. The van der Waals surface area contributed by atoms with Crippen molar-refractivity contribution in [2.75, 3.05) is 6.54 Å². The molecule has 1 saturated carbocycles. The third-order valence-electron chi connectivity index (χ3n) is 4.09.